The third-order valence-corrected chi connectivity index (χ3v) is 3.88. The number of aromatic nitrogens is 1. The van der Waals surface area contributed by atoms with Gasteiger partial charge in [0.1, 0.15) is 11.1 Å². The molecule has 4 heteroatoms. The molecule has 1 saturated heterocycles. The molecule has 1 aromatic heterocycles. The molecule has 1 aromatic rings. The first kappa shape index (κ1) is 11.0. The lowest BCUT2D eigenvalue weighted by Crippen LogP contribution is -2.18. The lowest BCUT2D eigenvalue weighted by Gasteiger charge is -2.23. The Labute approximate surface area is 94.1 Å². The molecule has 0 radical (unpaired) electrons. The number of ether oxygens (including phenoxy) is 1. The van der Waals surface area contributed by atoms with Crippen molar-refractivity contribution in [1.82, 2.24) is 4.98 Å². The number of aliphatic hydroxyl groups excluding tert-OH is 1. The van der Waals surface area contributed by atoms with Crippen LogP contribution in [0.4, 0.5) is 0 Å². The molecule has 3 nitrogen and oxygen atoms in total. The Kier molecular flexibility index (Phi) is 3.72. The molecular weight excluding hydrogens is 210 g/mol. The van der Waals surface area contributed by atoms with E-state index in [0.717, 1.165) is 43.2 Å². The average Bonchev–Trinajstić information content (AvgIpc) is 2.66. The Morgan fingerprint density at radius 2 is 2.33 bits per heavy atom. The van der Waals surface area contributed by atoms with Crippen LogP contribution >= 0.6 is 11.3 Å². The summed E-state index contributed by atoms with van der Waals surface area (Å²) in [6.07, 6.45) is 2.59. The number of aryl methyl sites for hydroxylation is 1. The van der Waals surface area contributed by atoms with E-state index in [4.69, 9.17) is 4.74 Å². The van der Waals surface area contributed by atoms with E-state index in [1.54, 1.807) is 11.3 Å². The second-order valence-electron chi connectivity index (χ2n) is 4.13. The zero-order valence-electron chi connectivity index (χ0n) is 8.98. The molecule has 0 saturated carbocycles. The summed E-state index contributed by atoms with van der Waals surface area (Å²) in [5, 5.41) is 12.8. The van der Waals surface area contributed by atoms with E-state index in [2.05, 4.69) is 4.98 Å². The van der Waals surface area contributed by atoms with Gasteiger partial charge in [0.05, 0.1) is 0 Å². The molecule has 0 bridgehead atoms. The minimum absolute atomic E-state index is 0.383. The van der Waals surface area contributed by atoms with Crippen molar-refractivity contribution in [2.24, 2.45) is 5.92 Å². The largest absolute Gasteiger partial charge is 0.386 e. The third kappa shape index (κ3) is 3.00. The summed E-state index contributed by atoms with van der Waals surface area (Å²) in [5.41, 5.74) is 1.00. The van der Waals surface area contributed by atoms with Crippen LogP contribution in [0.25, 0.3) is 0 Å². The van der Waals surface area contributed by atoms with Gasteiger partial charge in [0.25, 0.3) is 0 Å². The van der Waals surface area contributed by atoms with Gasteiger partial charge in [-0.05, 0) is 32.1 Å². The van der Waals surface area contributed by atoms with Gasteiger partial charge in [-0.2, -0.15) is 0 Å². The maximum atomic E-state index is 9.99. The Morgan fingerprint density at radius 1 is 1.60 bits per heavy atom. The highest BCUT2D eigenvalue weighted by Crippen LogP contribution is 2.28. The Hall–Kier alpha value is -0.450. The van der Waals surface area contributed by atoms with E-state index in [0.29, 0.717) is 5.92 Å². The summed E-state index contributed by atoms with van der Waals surface area (Å²) in [7, 11) is 0. The molecule has 2 heterocycles. The van der Waals surface area contributed by atoms with Crippen LogP contribution in [0, 0.1) is 12.8 Å². The molecule has 1 aliphatic rings. The predicted molar refractivity (Wildman–Crippen MR) is 60.0 cm³/mol. The Balaban J connectivity index is 1.88. The van der Waals surface area contributed by atoms with Crippen LogP contribution in [0.15, 0.2) is 5.38 Å². The number of nitrogens with zero attached hydrogens (tertiary/aromatic N) is 1. The predicted octanol–water partition coefficient (Wildman–Crippen LogP) is 2.30. The summed E-state index contributed by atoms with van der Waals surface area (Å²) in [5.74, 6) is 0.595. The van der Waals surface area contributed by atoms with Crippen LogP contribution in [0.5, 0.6) is 0 Å². The van der Waals surface area contributed by atoms with Crippen molar-refractivity contribution >= 4 is 11.3 Å². The molecule has 0 aromatic carbocycles. The zero-order chi connectivity index (χ0) is 10.7. The number of thiazole rings is 1. The fourth-order valence-electron chi connectivity index (χ4n) is 1.92. The van der Waals surface area contributed by atoms with Gasteiger partial charge in [-0.15, -0.1) is 11.3 Å². The molecule has 0 amide bonds. The zero-order valence-corrected chi connectivity index (χ0v) is 9.80. The van der Waals surface area contributed by atoms with Gasteiger partial charge in [-0.3, -0.25) is 0 Å². The minimum Gasteiger partial charge on any atom is -0.386 e. The van der Waals surface area contributed by atoms with Crippen LogP contribution < -0.4 is 0 Å². The maximum Gasteiger partial charge on any atom is 0.121 e. The number of aliphatic hydroxyl groups is 1. The molecule has 0 aliphatic carbocycles. The van der Waals surface area contributed by atoms with E-state index in [1.807, 2.05) is 12.3 Å². The van der Waals surface area contributed by atoms with Crippen molar-refractivity contribution in [3.8, 4) is 0 Å². The van der Waals surface area contributed by atoms with Gasteiger partial charge >= 0.3 is 0 Å². The highest BCUT2D eigenvalue weighted by atomic mass is 32.1. The maximum absolute atomic E-state index is 9.99. The molecule has 15 heavy (non-hydrogen) atoms. The Morgan fingerprint density at radius 3 is 2.93 bits per heavy atom. The van der Waals surface area contributed by atoms with E-state index < -0.39 is 0 Å². The van der Waals surface area contributed by atoms with Crippen LogP contribution in [-0.2, 0) is 4.74 Å². The number of hydrogen-bond donors (Lipinski definition) is 1. The highest BCUT2D eigenvalue weighted by Gasteiger charge is 2.20. The summed E-state index contributed by atoms with van der Waals surface area (Å²) >= 11 is 1.55. The molecule has 2 rings (SSSR count). The van der Waals surface area contributed by atoms with Gasteiger partial charge in [0.2, 0.25) is 0 Å². The average molecular weight is 227 g/mol. The van der Waals surface area contributed by atoms with E-state index >= 15 is 0 Å². The van der Waals surface area contributed by atoms with Crippen LogP contribution in [0.2, 0.25) is 0 Å². The topological polar surface area (TPSA) is 42.4 Å². The lowest BCUT2D eigenvalue weighted by atomic mass is 9.94. The lowest BCUT2D eigenvalue weighted by molar-refractivity contribution is 0.0434. The van der Waals surface area contributed by atoms with Crippen molar-refractivity contribution < 1.29 is 9.84 Å². The first-order chi connectivity index (χ1) is 7.25. The van der Waals surface area contributed by atoms with Gasteiger partial charge in [0, 0.05) is 24.3 Å². The SMILES string of the molecule is Cc1csc(C(O)CC2CCOCC2)n1. The Bertz CT molecular complexity index is 307. The molecule has 1 atom stereocenters. The van der Waals surface area contributed by atoms with Gasteiger partial charge in [-0.1, -0.05) is 0 Å². The summed E-state index contributed by atoms with van der Waals surface area (Å²) in [6.45, 7) is 3.64. The molecule has 84 valence electrons. The van der Waals surface area contributed by atoms with Crippen LogP contribution in [-0.4, -0.2) is 23.3 Å². The first-order valence-corrected chi connectivity index (χ1v) is 6.31. The normalized spacial score (nSPS) is 20.4. The first-order valence-electron chi connectivity index (χ1n) is 5.43. The molecule has 0 spiro atoms. The molecular formula is C11H17NO2S. The number of hydrogen-bond acceptors (Lipinski definition) is 4. The quantitative estimate of drug-likeness (QED) is 0.861. The van der Waals surface area contributed by atoms with E-state index in [-0.39, 0.29) is 6.10 Å². The molecule has 1 aliphatic heterocycles. The van der Waals surface area contributed by atoms with Crippen molar-refractivity contribution in [1.29, 1.82) is 0 Å². The summed E-state index contributed by atoms with van der Waals surface area (Å²) < 4.78 is 5.30. The van der Waals surface area contributed by atoms with Crippen molar-refractivity contribution in [2.45, 2.75) is 32.3 Å². The second kappa shape index (κ2) is 5.05. The van der Waals surface area contributed by atoms with Crippen molar-refractivity contribution in [3.63, 3.8) is 0 Å². The van der Waals surface area contributed by atoms with E-state index in [9.17, 15) is 5.11 Å². The van der Waals surface area contributed by atoms with Crippen molar-refractivity contribution in [3.05, 3.63) is 16.1 Å². The third-order valence-electron chi connectivity index (χ3n) is 2.82. The fraction of sp³-hybridized carbons (Fsp3) is 0.727. The second-order valence-corrected chi connectivity index (χ2v) is 5.02. The standard InChI is InChI=1S/C11H17NO2S/c1-8-7-15-11(12-8)10(13)6-9-2-4-14-5-3-9/h7,9-10,13H,2-6H2,1H3. The van der Waals surface area contributed by atoms with E-state index in [1.165, 1.54) is 0 Å². The fourth-order valence-corrected chi connectivity index (χ4v) is 2.72. The summed E-state index contributed by atoms with van der Waals surface area (Å²) in [6, 6.07) is 0. The molecule has 1 fully saturated rings. The van der Waals surface area contributed by atoms with Crippen molar-refractivity contribution in [2.75, 3.05) is 13.2 Å². The minimum atomic E-state index is -0.383. The monoisotopic (exact) mass is 227 g/mol. The van der Waals surface area contributed by atoms with Crippen LogP contribution in [0.3, 0.4) is 0 Å². The van der Waals surface area contributed by atoms with Crippen LogP contribution in [0.1, 0.15) is 36.1 Å². The smallest absolute Gasteiger partial charge is 0.121 e. The van der Waals surface area contributed by atoms with Gasteiger partial charge in [-0.25, -0.2) is 4.98 Å². The molecule has 1 N–H and O–H groups in total. The highest BCUT2D eigenvalue weighted by molar-refractivity contribution is 7.09. The van der Waals surface area contributed by atoms with Gasteiger partial charge < -0.3 is 9.84 Å². The molecule has 1 unspecified atom stereocenters. The number of rotatable bonds is 3. The van der Waals surface area contributed by atoms with Gasteiger partial charge in [0.15, 0.2) is 0 Å². The summed E-state index contributed by atoms with van der Waals surface area (Å²) in [4.78, 5) is 4.31.